The van der Waals surface area contributed by atoms with Gasteiger partial charge in [0.15, 0.2) is 47.8 Å². The van der Waals surface area contributed by atoms with Crippen molar-refractivity contribution in [2.45, 2.75) is 63.0 Å². The van der Waals surface area contributed by atoms with Crippen molar-refractivity contribution < 1.29 is 42.6 Å². The van der Waals surface area contributed by atoms with Crippen LogP contribution in [-0.4, -0.2) is 91.5 Å². The molecule has 0 saturated carbocycles. The van der Waals surface area contributed by atoms with Crippen LogP contribution in [0, 0.1) is 5.92 Å². The highest BCUT2D eigenvalue weighted by molar-refractivity contribution is 7.47. The fourth-order valence-electron chi connectivity index (χ4n) is 5.27. The first-order valence-electron chi connectivity index (χ1n) is 12.9. The fraction of sp³-hybridized carbons (Fsp3) is 0.545. The predicted octanol–water partition coefficient (Wildman–Crippen LogP) is 0.193. The van der Waals surface area contributed by atoms with E-state index in [-0.39, 0.29) is 34.0 Å². The summed E-state index contributed by atoms with van der Waals surface area (Å²) in [5, 5.41) is 20.7. The number of imidazole rings is 2. The minimum Gasteiger partial charge on any atom is -0.385 e. The van der Waals surface area contributed by atoms with Gasteiger partial charge in [0.05, 0.1) is 25.4 Å². The molecule has 7 N–H and O–H groups in total. The third-order valence-corrected chi connectivity index (χ3v) is 8.25. The SMILES string of the molecule is CCCC1C(COP(=O)(O)OC2C(O)C(O)OC2n2cnc3c(N)ncnc32)OC(n2cnc3c(N)ncnc32)C1F. The van der Waals surface area contributed by atoms with Crippen LogP contribution in [-0.2, 0) is 23.1 Å². The summed E-state index contributed by atoms with van der Waals surface area (Å²) in [7, 11) is -4.96. The summed E-state index contributed by atoms with van der Waals surface area (Å²) in [4.78, 5) is 34.8. The molecule has 9 atom stereocenters. The molecule has 2 aliphatic heterocycles. The highest BCUT2D eigenvalue weighted by Gasteiger charge is 2.50. The van der Waals surface area contributed by atoms with Crippen molar-refractivity contribution in [1.82, 2.24) is 39.0 Å². The lowest BCUT2D eigenvalue weighted by Gasteiger charge is -2.25. The second kappa shape index (κ2) is 11.0. The Hall–Kier alpha value is -3.42. The van der Waals surface area contributed by atoms with Crippen molar-refractivity contribution in [2.75, 3.05) is 18.1 Å². The Kier molecular flexibility index (Phi) is 7.52. The molecule has 20 heteroatoms. The normalized spacial score (nSPS) is 31.3. The number of nitrogen functional groups attached to an aromatic ring is 2. The molecule has 4 aromatic heterocycles. The Morgan fingerprint density at radius 1 is 0.976 bits per heavy atom. The number of nitrogens with two attached hydrogens (primary N) is 2. The van der Waals surface area contributed by atoms with E-state index in [4.69, 9.17) is 30.0 Å². The van der Waals surface area contributed by atoms with Gasteiger partial charge in [0.2, 0.25) is 0 Å². The average Bonchev–Trinajstić information content (AvgIpc) is 3.71. The van der Waals surface area contributed by atoms with Crippen molar-refractivity contribution in [2.24, 2.45) is 5.92 Å². The number of halogens is 1. The van der Waals surface area contributed by atoms with Crippen molar-refractivity contribution in [3.05, 3.63) is 25.3 Å². The van der Waals surface area contributed by atoms with Crippen LogP contribution in [0.1, 0.15) is 32.2 Å². The number of phosphoric acid groups is 1. The van der Waals surface area contributed by atoms with Gasteiger partial charge in [-0.25, -0.2) is 38.9 Å². The lowest BCUT2D eigenvalue weighted by molar-refractivity contribution is -0.141. The molecule has 0 aliphatic carbocycles. The highest BCUT2D eigenvalue weighted by Crippen LogP contribution is 2.50. The number of ether oxygens (including phenoxy) is 2. The van der Waals surface area contributed by atoms with Gasteiger partial charge in [-0.3, -0.25) is 18.2 Å². The summed E-state index contributed by atoms with van der Waals surface area (Å²) >= 11 is 0. The Balaban J connectivity index is 1.19. The molecule has 0 bridgehead atoms. The van der Waals surface area contributed by atoms with Gasteiger partial charge in [-0.15, -0.1) is 0 Å². The van der Waals surface area contributed by atoms with E-state index in [9.17, 15) is 19.7 Å². The van der Waals surface area contributed by atoms with Crippen LogP contribution in [0.15, 0.2) is 25.3 Å². The monoisotopic (exact) mass is 610 g/mol. The quantitative estimate of drug-likeness (QED) is 0.159. The van der Waals surface area contributed by atoms with Gasteiger partial charge >= 0.3 is 7.82 Å². The zero-order valence-corrected chi connectivity index (χ0v) is 22.9. The zero-order valence-electron chi connectivity index (χ0n) is 22.0. The molecule has 4 aromatic rings. The van der Waals surface area contributed by atoms with Gasteiger partial charge < -0.3 is 36.0 Å². The van der Waals surface area contributed by atoms with Gasteiger partial charge in [0.25, 0.3) is 0 Å². The van der Waals surface area contributed by atoms with Crippen LogP contribution >= 0.6 is 7.82 Å². The van der Waals surface area contributed by atoms with Crippen molar-refractivity contribution in [3.8, 4) is 0 Å². The largest absolute Gasteiger partial charge is 0.472 e. The molecule has 0 spiro atoms. The van der Waals surface area contributed by atoms with Gasteiger partial charge in [0.1, 0.15) is 35.9 Å². The maximum atomic E-state index is 15.7. The van der Waals surface area contributed by atoms with Crippen LogP contribution in [0.4, 0.5) is 16.0 Å². The molecule has 2 fully saturated rings. The number of hydrogen-bond acceptors (Lipinski definition) is 15. The molecule has 0 aromatic carbocycles. The topological polar surface area (TPSA) is 254 Å². The molecule has 18 nitrogen and oxygen atoms in total. The number of hydrogen-bond donors (Lipinski definition) is 5. The summed E-state index contributed by atoms with van der Waals surface area (Å²) in [6, 6.07) is 0. The lowest BCUT2D eigenvalue weighted by Crippen LogP contribution is -2.34. The number of phosphoric ester groups is 1. The summed E-state index contributed by atoms with van der Waals surface area (Å²) in [6.45, 7) is 1.33. The van der Waals surface area contributed by atoms with E-state index in [2.05, 4.69) is 29.9 Å². The smallest absolute Gasteiger partial charge is 0.385 e. The Labute approximate surface area is 236 Å². The minimum atomic E-state index is -4.96. The van der Waals surface area contributed by atoms with Crippen LogP contribution in [0.5, 0.6) is 0 Å². The number of aromatic nitrogens is 8. The van der Waals surface area contributed by atoms with Gasteiger partial charge in [0, 0.05) is 5.92 Å². The molecule has 0 amide bonds. The summed E-state index contributed by atoms with van der Waals surface area (Å²) in [5.41, 5.74) is 12.6. The van der Waals surface area contributed by atoms with Crippen LogP contribution in [0.25, 0.3) is 22.3 Å². The first-order valence-corrected chi connectivity index (χ1v) is 14.4. The molecule has 9 unspecified atom stereocenters. The second-order valence-electron chi connectivity index (χ2n) is 9.87. The number of fused-ring (bicyclic) bond motifs is 2. The van der Waals surface area contributed by atoms with E-state index in [0.717, 1.165) is 0 Å². The third-order valence-electron chi connectivity index (χ3n) is 7.26. The van der Waals surface area contributed by atoms with Crippen molar-refractivity contribution in [1.29, 1.82) is 0 Å². The van der Waals surface area contributed by atoms with Gasteiger partial charge in [-0.1, -0.05) is 13.3 Å². The molecular formula is C22H28FN10O8P. The molecule has 6 heterocycles. The number of rotatable bonds is 9. The molecule has 6 rings (SSSR count). The standard InChI is InChI=1S/C22H28FN10O8P/c1-2-3-9-10(39-20(11(9)23)32-7-30-12-16(24)26-5-28-18(12)32)4-38-42(36,37)41-15-14(34)22(35)40-21(15)33-8-31-13-17(25)27-6-29-19(13)33/h5-11,14-15,20-22,34-35H,2-4H2,1H3,(H,36,37)(H2,24,26,28)(H2,25,27,29). The molecule has 42 heavy (non-hydrogen) atoms. The second-order valence-corrected chi connectivity index (χ2v) is 11.3. The lowest BCUT2D eigenvalue weighted by atomic mass is 9.94. The maximum absolute atomic E-state index is 15.7. The van der Waals surface area contributed by atoms with Crippen LogP contribution in [0.2, 0.25) is 0 Å². The van der Waals surface area contributed by atoms with Crippen LogP contribution < -0.4 is 11.5 Å². The Morgan fingerprint density at radius 3 is 2.17 bits per heavy atom. The van der Waals surface area contributed by atoms with Gasteiger partial charge in [-0.2, -0.15) is 0 Å². The number of anilines is 2. The molecule has 2 aliphatic rings. The summed E-state index contributed by atoms with van der Waals surface area (Å²) in [5.74, 6) is -0.528. The molecular weight excluding hydrogens is 582 g/mol. The fourth-order valence-corrected chi connectivity index (χ4v) is 6.20. The zero-order chi connectivity index (χ0) is 29.8. The molecule has 2 saturated heterocycles. The van der Waals surface area contributed by atoms with E-state index in [1.54, 1.807) is 0 Å². The highest BCUT2D eigenvalue weighted by atomic mass is 31.2. The van der Waals surface area contributed by atoms with Gasteiger partial charge in [-0.05, 0) is 6.42 Å². The number of aliphatic hydroxyl groups excluding tert-OH is 2. The number of alkyl halides is 1. The van der Waals surface area contributed by atoms with E-state index in [1.807, 2.05) is 6.92 Å². The van der Waals surface area contributed by atoms with E-state index < -0.39 is 63.6 Å². The Morgan fingerprint density at radius 2 is 1.57 bits per heavy atom. The number of aliphatic hydroxyl groups is 2. The molecule has 0 radical (unpaired) electrons. The van der Waals surface area contributed by atoms with Crippen molar-refractivity contribution >= 4 is 41.8 Å². The maximum Gasteiger partial charge on any atom is 0.472 e. The van der Waals surface area contributed by atoms with E-state index in [1.165, 1.54) is 34.4 Å². The third kappa shape index (κ3) is 4.96. The number of nitrogens with zero attached hydrogens (tertiary/aromatic N) is 8. The molecule has 226 valence electrons. The Bertz CT molecular complexity index is 1640. The predicted molar refractivity (Wildman–Crippen MR) is 139 cm³/mol. The van der Waals surface area contributed by atoms with Crippen molar-refractivity contribution in [3.63, 3.8) is 0 Å². The summed E-state index contributed by atoms with van der Waals surface area (Å²) in [6.07, 6.45) is -4.20. The van der Waals surface area contributed by atoms with Crippen LogP contribution in [0.3, 0.4) is 0 Å². The first kappa shape index (κ1) is 28.7. The first-order chi connectivity index (χ1) is 20.1. The summed E-state index contributed by atoms with van der Waals surface area (Å²) < 4.78 is 53.3. The van der Waals surface area contributed by atoms with E-state index >= 15 is 4.39 Å². The van der Waals surface area contributed by atoms with E-state index in [0.29, 0.717) is 12.8 Å². The average molecular weight is 611 g/mol. The minimum absolute atomic E-state index is 0.0637.